The van der Waals surface area contributed by atoms with Crippen molar-refractivity contribution in [2.75, 3.05) is 5.73 Å². The maximum atomic E-state index is 5.54. The fourth-order valence-corrected chi connectivity index (χ4v) is 0.913. The molecule has 1 rings (SSSR count). The Bertz CT molecular complexity index is 269. The molecule has 0 saturated heterocycles. The van der Waals surface area contributed by atoms with Crippen LogP contribution in [0.4, 0.5) is 5.82 Å². The molecule has 0 amide bonds. The monoisotopic (exact) mass is 148 g/mol. The minimum absolute atomic E-state index is 0.558. The average molecular weight is 148 g/mol. The number of rotatable bonds is 1. The Morgan fingerprint density at radius 3 is 2.64 bits per heavy atom. The predicted molar refractivity (Wildman–Crippen MR) is 48.1 cm³/mol. The first-order valence-electron chi connectivity index (χ1n) is 3.49. The molecule has 0 radical (unpaired) electrons. The Hall–Kier alpha value is -1.31. The third kappa shape index (κ3) is 1.80. The minimum Gasteiger partial charge on any atom is -0.384 e. The average Bonchev–Trinajstić information content (AvgIpc) is 1.85. The lowest BCUT2D eigenvalue weighted by molar-refractivity contribution is 1.25. The lowest BCUT2D eigenvalue weighted by atomic mass is 10.2. The smallest absolute Gasteiger partial charge is 0.124 e. The minimum atomic E-state index is 0.558. The molecule has 0 aliphatic rings. The van der Waals surface area contributed by atoms with Crippen molar-refractivity contribution < 1.29 is 0 Å². The number of nitrogen functional groups attached to an aromatic ring is 1. The lowest BCUT2D eigenvalue weighted by Crippen LogP contribution is -1.94. The molecule has 2 N–H and O–H groups in total. The van der Waals surface area contributed by atoms with Gasteiger partial charge in [-0.25, -0.2) is 4.98 Å². The van der Waals surface area contributed by atoms with Crippen LogP contribution in [-0.4, -0.2) is 4.98 Å². The first-order chi connectivity index (χ1) is 5.09. The van der Waals surface area contributed by atoms with Gasteiger partial charge in [0.2, 0.25) is 0 Å². The van der Waals surface area contributed by atoms with Crippen molar-refractivity contribution in [1.82, 2.24) is 4.98 Å². The van der Waals surface area contributed by atoms with Crippen molar-refractivity contribution in [1.29, 1.82) is 0 Å². The number of allylic oxidation sites excluding steroid dienone is 1. The highest BCUT2D eigenvalue weighted by Gasteiger charge is 1.96. The number of aromatic nitrogens is 1. The molecule has 1 heterocycles. The van der Waals surface area contributed by atoms with Crippen molar-refractivity contribution in [2.45, 2.75) is 13.8 Å². The van der Waals surface area contributed by atoms with E-state index in [2.05, 4.69) is 11.6 Å². The molecule has 0 bridgehead atoms. The topological polar surface area (TPSA) is 38.9 Å². The van der Waals surface area contributed by atoms with Crippen LogP contribution in [0.2, 0.25) is 0 Å². The number of hydrogen-bond acceptors (Lipinski definition) is 2. The summed E-state index contributed by atoms with van der Waals surface area (Å²) in [6.45, 7) is 7.70. The van der Waals surface area contributed by atoms with E-state index in [0.717, 1.165) is 16.8 Å². The Balaban J connectivity index is 3.19. The summed E-state index contributed by atoms with van der Waals surface area (Å²) in [4.78, 5) is 4.11. The summed E-state index contributed by atoms with van der Waals surface area (Å²) < 4.78 is 0. The summed E-state index contributed by atoms with van der Waals surface area (Å²) in [5.41, 5.74) is 8.49. The van der Waals surface area contributed by atoms with E-state index in [1.54, 1.807) is 0 Å². The number of anilines is 1. The molecule has 0 saturated carbocycles. The molecule has 0 aliphatic heterocycles. The molecule has 1 aromatic rings. The molecule has 0 aliphatic carbocycles. The van der Waals surface area contributed by atoms with Crippen LogP contribution in [0, 0.1) is 6.92 Å². The first kappa shape index (κ1) is 7.79. The zero-order chi connectivity index (χ0) is 8.43. The first-order valence-corrected chi connectivity index (χ1v) is 3.49. The van der Waals surface area contributed by atoms with Crippen LogP contribution in [-0.2, 0) is 0 Å². The Morgan fingerprint density at radius 2 is 2.18 bits per heavy atom. The zero-order valence-corrected chi connectivity index (χ0v) is 6.89. The second-order valence-corrected chi connectivity index (χ2v) is 2.73. The van der Waals surface area contributed by atoms with E-state index < -0.39 is 0 Å². The van der Waals surface area contributed by atoms with Gasteiger partial charge in [0, 0.05) is 0 Å². The van der Waals surface area contributed by atoms with E-state index in [1.807, 2.05) is 26.0 Å². The fraction of sp³-hybridized carbons (Fsp3) is 0.222. The molecular weight excluding hydrogens is 136 g/mol. The number of hydrogen-bond donors (Lipinski definition) is 1. The molecular formula is C9H12N2. The lowest BCUT2D eigenvalue weighted by Gasteiger charge is -2.01. The van der Waals surface area contributed by atoms with Crippen LogP contribution in [0.15, 0.2) is 18.7 Å². The fourth-order valence-electron chi connectivity index (χ4n) is 0.913. The third-order valence-electron chi connectivity index (χ3n) is 1.43. The third-order valence-corrected chi connectivity index (χ3v) is 1.43. The van der Waals surface area contributed by atoms with Crippen LogP contribution < -0.4 is 5.73 Å². The molecule has 0 fully saturated rings. The molecule has 2 nitrogen and oxygen atoms in total. The highest BCUT2D eigenvalue weighted by atomic mass is 14.8. The number of nitrogens with two attached hydrogens (primary N) is 1. The predicted octanol–water partition coefficient (Wildman–Crippen LogP) is 2.01. The Labute approximate surface area is 66.8 Å². The summed E-state index contributed by atoms with van der Waals surface area (Å²) in [6, 6.07) is 3.81. The van der Waals surface area contributed by atoms with E-state index in [4.69, 9.17) is 5.73 Å². The van der Waals surface area contributed by atoms with Crippen molar-refractivity contribution >= 4 is 11.4 Å². The van der Waals surface area contributed by atoms with Gasteiger partial charge in [-0.1, -0.05) is 6.58 Å². The Kier molecular flexibility index (Phi) is 1.94. The summed E-state index contributed by atoms with van der Waals surface area (Å²) in [5.74, 6) is 0.558. The van der Waals surface area contributed by atoms with Gasteiger partial charge in [-0.3, -0.25) is 0 Å². The Morgan fingerprint density at radius 1 is 1.55 bits per heavy atom. The normalized spacial score (nSPS) is 9.64. The van der Waals surface area contributed by atoms with Crippen molar-refractivity contribution in [3.63, 3.8) is 0 Å². The van der Waals surface area contributed by atoms with Crippen LogP contribution in [0.3, 0.4) is 0 Å². The van der Waals surface area contributed by atoms with Gasteiger partial charge in [-0.2, -0.15) is 0 Å². The van der Waals surface area contributed by atoms with Gasteiger partial charge >= 0.3 is 0 Å². The largest absolute Gasteiger partial charge is 0.384 e. The molecule has 0 unspecified atom stereocenters. The van der Waals surface area contributed by atoms with Gasteiger partial charge in [0.05, 0.1) is 5.69 Å². The molecule has 11 heavy (non-hydrogen) atoms. The summed E-state index contributed by atoms with van der Waals surface area (Å²) >= 11 is 0. The van der Waals surface area contributed by atoms with Gasteiger partial charge in [-0.15, -0.1) is 0 Å². The SMILES string of the molecule is C=C(C)c1cc(C)cc(N)n1. The molecule has 58 valence electrons. The second-order valence-electron chi connectivity index (χ2n) is 2.73. The highest BCUT2D eigenvalue weighted by Crippen LogP contribution is 2.12. The van der Waals surface area contributed by atoms with Gasteiger partial charge in [0.1, 0.15) is 5.82 Å². The van der Waals surface area contributed by atoms with Gasteiger partial charge < -0.3 is 5.73 Å². The molecule has 0 spiro atoms. The van der Waals surface area contributed by atoms with Gasteiger partial charge in [0.25, 0.3) is 0 Å². The van der Waals surface area contributed by atoms with Crippen LogP contribution in [0.25, 0.3) is 5.57 Å². The number of nitrogens with zero attached hydrogens (tertiary/aromatic N) is 1. The molecule has 2 heteroatoms. The summed E-state index contributed by atoms with van der Waals surface area (Å²) in [7, 11) is 0. The van der Waals surface area contributed by atoms with E-state index in [1.165, 1.54) is 0 Å². The van der Waals surface area contributed by atoms with Crippen LogP contribution in [0.1, 0.15) is 18.2 Å². The van der Waals surface area contributed by atoms with E-state index >= 15 is 0 Å². The maximum Gasteiger partial charge on any atom is 0.124 e. The molecule has 1 aromatic heterocycles. The second kappa shape index (κ2) is 2.74. The zero-order valence-electron chi connectivity index (χ0n) is 6.89. The summed E-state index contributed by atoms with van der Waals surface area (Å²) in [5, 5.41) is 0. The van der Waals surface area contributed by atoms with Crippen LogP contribution >= 0.6 is 0 Å². The maximum absolute atomic E-state index is 5.54. The number of pyridine rings is 1. The molecule has 0 atom stereocenters. The standard InChI is InChI=1S/C9H12N2/c1-6(2)8-4-7(3)5-9(10)11-8/h4-5H,1H2,2-3H3,(H2,10,11). The van der Waals surface area contributed by atoms with Crippen molar-refractivity contribution in [2.24, 2.45) is 0 Å². The van der Waals surface area contributed by atoms with Gasteiger partial charge in [0.15, 0.2) is 0 Å². The van der Waals surface area contributed by atoms with E-state index in [0.29, 0.717) is 5.82 Å². The van der Waals surface area contributed by atoms with Crippen molar-refractivity contribution in [3.8, 4) is 0 Å². The van der Waals surface area contributed by atoms with Crippen molar-refractivity contribution in [3.05, 3.63) is 30.0 Å². The van der Waals surface area contributed by atoms with Gasteiger partial charge in [-0.05, 0) is 37.1 Å². The number of aryl methyl sites for hydroxylation is 1. The quantitative estimate of drug-likeness (QED) is 0.661. The van der Waals surface area contributed by atoms with Crippen LogP contribution in [0.5, 0.6) is 0 Å². The highest BCUT2D eigenvalue weighted by molar-refractivity contribution is 5.60. The summed E-state index contributed by atoms with van der Waals surface area (Å²) in [6.07, 6.45) is 0. The molecule has 0 aromatic carbocycles. The van der Waals surface area contributed by atoms with E-state index in [-0.39, 0.29) is 0 Å². The van der Waals surface area contributed by atoms with E-state index in [9.17, 15) is 0 Å².